The van der Waals surface area contributed by atoms with Gasteiger partial charge in [0, 0.05) is 38.9 Å². The molecular weight excluding hydrogens is 730 g/mol. The van der Waals surface area contributed by atoms with Crippen LogP contribution in [-0.2, 0) is 39.9 Å². The van der Waals surface area contributed by atoms with E-state index in [-0.39, 0.29) is 37.5 Å². The number of ketones is 1. The molecule has 5 N–H and O–H groups in total. The maximum atomic E-state index is 14.4. The van der Waals surface area contributed by atoms with Crippen LogP contribution in [0.1, 0.15) is 78.7 Å². The standard InChI is InChI=1S/C43H61N5O9/c1-27(2)38-41(53)45-35(26-31-17-13-18-32(25-31)56-7)42(54)48-24-14-19-34(47-48)43(55)57-36(28(3)16-12-21-37(50)44-6)20-11-9-8-10-15-29(4)39(51)33(40(52)46-38)23-22-30(5)49/h8-13,16-18,21,25,27,29,33-36,38-39,47,51H,14-15,19-20,22-24,26H2,1-7H3,(H,44,50)(H,45,53)(H,46,52)/b10-8+,11-9+,21-12+,28-16+/t29-,33+,34?,35-,36-,38-,39+/m0/s1. The van der Waals surface area contributed by atoms with Crippen LogP contribution in [0.5, 0.6) is 5.75 Å². The number of esters is 1. The number of allylic oxidation sites excluding steroid dienone is 5. The van der Waals surface area contributed by atoms with E-state index in [9.17, 15) is 33.9 Å². The Balaban J connectivity index is 2.06. The molecule has 0 saturated carbocycles. The summed E-state index contributed by atoms with van der Waals surface area (Å²) in [5.74, 6) is -3.87. The van der Waals surface area contributed by atoms with E-state index in [0.29, 0.717) is 42.6 Å². The van der Waals surface area contributed by atoms with Crippen molar-refractivity contribution in [2.75, 3.05) is 20.7 Å². The minimum absolute atomic E-state index is 0.0702. The highest BCUT2D eigenvalue weighted by Crippen LogP contribution is 2.24. The Kier molecular flexibility index (Phi) is 18.9. The average Bonchev–Trinajstić information content (AvgIpc) is 3.19. The lowest BCUT2D eigenvalue weighted by atomic mass is 9.85. The van der Waals surface area contributed by atoms with E-state index < -0.39 is 71.8 Å². The van der Waals surface area contributed by atoms with Gasteiger partial charge < -0.3 is 35.3 Å². The van der Waals surface area contributed by atoms with E-state index in [0.717, 1.165) is 0 Å². The number of hydrazine groups is 1. The zero-order valence-electron chi connectivity index (χ0n) is 34.3. The van der Waals surface area contributed by atoms with E-state index in [1.807, 2.05) is 19.1 Å². The highest BCUT2D eigenvalue weighted by atomic mass is 16.5. The van der Waals surface area contributed by atoms with E-state index in [4.69, 9.17) is 9.47 Å². The van der Waals surface area contributed by atoms with E-state index >= 15 is 0 Å². The van der Waals surface area contributed by atoms with Gasteiger partial charge in [-0.05, 0) is 74.6 Å². The van der Waals surface area contributed by atoms with Crippen molar-refractivity contribution in [3.05, 3.63) is 77.9 Å². The first-order valence-corrected chi connectivity index (χ1v) is 19.7. The number of nitrogens with one attached hydrogen (secondary N) is 4. The number of fused-ring (bicyclic) bond motifs is 2. The Morgan fingerprint density at radius 2 is 1.79 bits per heavy atom. The minimum atomic E-state index is -1.13. The van der Waals surface area contributed by atoms with Gasteiger partial charge in [-0.3, -0.25) is 29.0 Å². The highest BCUT2D eigenvalue weighted by Gasteiger charge is 2.37. The van der Waals surface area contributed by atoms with Crippen LogP contribution in [0.3, 0.4) is 0 Å². The third kappa shape index (κ3) is 14.7. The normalized spacial score (nSPS) is 27.4. The molecule has 0 radical (unpaired) electrons. The van der Waals surface area contributed by atoms with Crippen LogP contribution in [-0.4, -0.2) is 96.5 Å². The van der Waals surface area contributed by atoms with Crippen LogP contribution < -0.4 is 26.1 Å². The third-order valence-corrected chi connectivity index (χ3v) is 10.2. The van der Waals surface area contributed by atoms with Gasteiger partial charge >= 0.3 is 5.97 Å². The topological polar surface area (TPSA) is 192 Å². The van der Waals surface area contributed by atoms with Crippen LogP contribution in [0.25, 0.3) is 0 Å². The van der Waals surface area contributed by atoms with Crippen molar-refractivity contribution in [1.82, 2.24) is 26.4 Å². The maximum Gasteiger partial charge on any atom is 0.325 e. The number of benzene rings is 1. The molecule has 7 atom stereocenters. The quantitative estimate of drug-likeness (QED) is 0.133. The van der Waals surface area contributed by atoms with Crippen molar-refractivity contribution in [2.24, 2.45) is 17.8 Å². The number of Topliss-reactive ketones (excluding diaryl/α,β-unsaturated/α-hetero) is 1. The first-order chi connectivity index (χ1) is 27.1. The molecule has 4 amide bonds. The van der Waals surface area contributed by atoms with E-state index in [2.05, 4.69) is 21.4 Å². The zero-order valence-corrected chi connectivity index (χ0v) is 34.3. The molecule has 2 heterocycles. The van der Waals surface area contributed by atoms with Crippen molar-refractivity contribution >= 4 is 35.4 Å². The summed E-state index contributed by atoms with van der Waals surface area (Å²) in [6, 6.07) is 4.04. The molecule has 312 valence electrons. The lowest BCUT2D eigenvalue weighted by Crippen LogP contribution is -2.62. The molecule has 0 aliphatic carbocycles. The molecule has 2 aliphatic heterocycles. The number of rotatable bonds is 10. The van der Waals surface area contributed by atoms with Crippen molar-refractivity contribution in [1.29, 1.82) is 0 Å². The summed E-state index contributed by atoms with van der Waals surface area (Å²) in [6.07, 6.45) is 11.9. The second kappa shape index (κ2) is 23.2. The molecule has 14 heteroatoms. The van der Waals surface area contributed by atoms with Crippen LogP contribution in [0, 0.1) is 17.8 Å². The molecule has 14 nitrogen and oxygen atoms in total. The molecule has 0 spiro atoms. The molecule has 1 aromatic carbocycles. The van der Waals surface area contributed by atoms with Gasteiger partial charge in [0.2, 0.25) is 17.7 Å². The first-order valence-electron chi connectivity index (χ1n) is 19.7. The molecule has 1 unspecified atom stereocenters. The fourth-order valence-electron chi connectivity index (χ4n) is 6.63. The molecule has 2 bridgehead atoms. The largest absolute Gasteiger partial charge is 0.497 e. The Morgan fingerprint density at radius 3 is 2.46 bits per heavy atom. The van der Waals surface area contributed by atoms with E-state index in [1.165, 1.54) is 32.2 Å². The molecule has 1 fully saturated rings. The van der Waals surface area contributed by atoms with Gasteiger partial charge in [-0.2, -0.15) is 0 Å². The average molecular weight is 792 g/mol. The SMILES string of the molecule is CNC(=O)/C=C/C=C(\C)[C@@H]1C/C=C/C=C/C[C@H](C)[C@@H](O)[C@@H](CCC(C)=O)C(=O)N[C@@H](C(C)C)C(=O)N[C@@H](Cc2cccc(OC)c2)C(=O)N2CCCC(N2)C(=O)O1. The number of carbonyl (C=O) groups excluding carboxylic acids is 6. The van der Waals surface area contributed by atoms with Gasteiger partial charge in [0.25, 0.3) is 5.91 Å². The van der Waals surface area contributed by atoms with Gasteiger partial charge in [0.15, 0.2) is 0 Å². The third-order valence-electron chi connectivity index (χ3n) is 10.2. The van der Waals surface area contributed by atoms with Crippen molar-refractivity contribution in [3.63, 3.8) is 0 Å². The van der Waals surface area contributed by atoms with Crippen LogP contribution in [0.4, 0.5) is 0 Å². The Bertz CT molecular complexity index is 1690. The number of ether oxygens (including phenoxy) is 2. The molecule has 1 saturated heterocycles. The molecule has 2 aliphatic rings. The molecule has 3 rings (SSSR count). The van der Waals surface area contributed by atoms with Gasteiger partial charge in [-0.25, -0.2) is 5.43 Å². The van der Waals surface area contributed by atoms with Gasteiger partial charge in [-0.15, -0.1) is 0 Å². The zero-order chi connectivity index (χ0) is 42.1. The predicted molar refractivity (Wildman–Crippen MR) is 216 cm³/mol. The number of aliphatic hydroxyl groups excluding tert-OH is 1. The lowest BCUT2D eigenvalue weighted by molar-refractivity contribution is -0.156. The summed E-state index contributed by atoms with van der Waals surface area (Å²) in [5, 5.41) is 21.0. The number of amides is 4. The van der Waals surface area contributed by atoms with Crippen LogP contribution in [0.2, 0.25) is 0 Å². The van der Waals surface area contributed by atoms with Crippen molar-refractivity contribution < 1.29 is 43.3 Å². The maximum absolute atomic E-state index is 14.4. The molecule has 0 aromatic heterocycles. The molecular formula is C43H61N5O9. The monoisotopic (exact) mass is 791 g/mol. The highest BCUT2D eigenvalue weighted by molar-refractivity contribution is 5.93. The summed E-state index contributed by atoms with van der Waals surface area (Å²) in [5.41, 5.74) is 4.42. The fraction of sp³-hybridized carbons (Fsp3) is 0.535. The number of likely N-dealkylation sites (N-methyl/N-ethyl adjacent to an activating group) is 1. The number of hydrogen-bond acceptors (Lipinski definition) is 10. The summed E-state index contributed by atoms with van der Waals surface area (Å²) in [7, 11) is 3.05. The smallest absolute Gasteiger partial charge is 0.325 e. The number of nitrogens with zero attached hydrogens (tertiary/aromatic N) is 1. The van der Waals surface area contributed by atoms with E-state index in [1.54, 1.807) is 69.3 Å². The Hall–Kier alpha value is -5.08. The number of hydrogen-bond donors (Lipinski definition) is 5. The second-order valence-electron chi connectivity index (χ2n) is 15.1. The predicted octanol–water partition coefficient (Wildman–Crippen LogP) is 3.41. The van der Waals surface area contributed by atoms with Crippen LogP contribution >= 0.6 is 0 Å². The number of methoxy groups -OCH3 is 1. The number of carbonyl (C=O) groups is 6. The number of cyclic esters (lactones) is 1. The fourth-order valence-corrected chi connectivity index (χ4v) is 6.63. The van der Waals surface area contributed by atoms with Gasteiger partial charge in [-0.1, -0.05) is 69.4 Å². The summed E-state index contributed by atoms with van der Waals surface area (Å²) in [4.78, 5) is 79.9. The summed E-state index contributed by atoms with van der Waals surface area (Å²) >= 11 is 0. The second-order valence-corrected chi connectivity index (χ2v) is 15.1. The lowest BCUT2D eigenvalue weighted by Gasteiger charge is -2.36. The summed E-state index contributed by atoms with van der Waals surface area (Å²) < 4.78 is 11.4. The van der Waals surface area contributed by atoms with Crippen molar-refractivity contribution in [2.45, 2.75) is 110 Å². The number of aliphatic hydroxyl groups is 1. The van der Waals surface area contributed by atoms with Crippen LogP contribution in [0.15, 0.2) is 72.4 Å². The first kappa shape index (κ1) is 46.3. The Morgan fingerprint density at radius 1 is 1.07 bits per heavy atom. The summed E-state index contributed by atoms with van der Waals surface area (Å²) in [6.45, 7) is 8.81. The molecule has 57 heavy (non-hydrogen) atoms. The Labute approximate surface area is 336 Å². The minimum Gasteiger partial charge on any atom is -0.497 e. The molecule has 1 aromatic rings. The van der Waals surface area contributed by atoms with Gasteiger partial charge in [0.05, 0.1) is 19.1 Å². The van der Waals surface area contributed by atoms with Crippen molar-refractivity contribution in [3.8, 4) is 5.75 Å². The van der Waals surface area contributed by atoms with Gasteiger partial charge in [0.1, 0.15) is 35.8 Å².